The maximum atomic E-state index is 8.81. The molecule has 0 amide bonds. The van der Waals surface area contributed by atoms with Crippen LogP contribution in [0.2, 0.25) is 0 Å². The molecule has 6 nitrogen and oxygen atoms in total. The van der Waals surface area contributed by atoms with E-state index < -0.39 is 0 Å². The van der Waals surface area contributed by atoms with Gasteiger partial charge in [-0.25, -0.2) is 4.98 Å². The highest BCUT2D eigenvalue weighted by Gasteiger charge is 2.31. The van der Waals surface area contributed by atoms with Gasteiger partial charge in [0.05, 0.1) is 24.3 Å². The van der Waals surface area contributed by atoms with Crippen LogP contribution in [0.15, 0.2) is 24.8 Å². The summed E-state index contributed by atoms with van der Waals surface area (Å²) in [6.45, 7) is 2.86. The molecular weight excluding hydrogens is 252 g/mol. The Morgan fingerprint density at radius 1 is 1.30 bits per heavy atom. The van der Waals surface area contributed by atoms with E-state index in [1.165, 1.54) is 18.7 Å². The number of hydrogen-bond donors (Lipinski definition) is 0. The number of hydrogen-bond acceptors (Lipinski definition) is 4. The van der Waals surface area contributed by atoms with Crippen LogP contribution < -0.4 is 0 Å². The summed E-state index contributed by atoms with van der Waals surface area (Å²) in [7, 11) is 0. The lowest BCUT2D eigenvalue weighted by atomic mass is 10.1. The Labute approximate surface area is 117 Å². The highest BCUT2D eigenvalue weighted by atomic mass is 15.4. The largest absolute Gasteiger partial charge is 0.331 e. The molecule has 102 valence electrons. The minimum Gasteiger partial charge on any atom is -0.331 e. The predicted molar refractivity (Wildman–Crippen MR) is 71.8 cm³/mol. The summed E-state index contributed by atoms with van der Waals surface area (Å²) in [5.41, 5.74) is 0.632. The average Bonchev–Trinajstić information content (AvgIpc) is 2.98. The molecule has 1 saturated heterocycles. The zero-order valence-electron chi connectivity index (χ0n) is 11.2. The lowest BCUT2D eigenvalue weighted by molar-refractivity contribution is 0.0868. The van der Waals surface area contributed by atoms with E-state index >= 15 is 0 Å². The molecule has 0 N–H and O–H groups in total. The van der Waals surface area contributed by atoms with Crippen LogP contribution in [0.25, 0.3) is 0 Å². The topological polar surface area (TPSA) is 62.7 Å². The molecule has 4 rings (SSSR count). The minimum atomic E-state index is 0.390. The van der Waals surface area contributed by atoms with E-state index in [2.05, 4.69) is 31.8 Å². The molecule has 3 heterocycles. The van der Waals surface area contributed by atoms with Crippen molar-refractivity contribution in [1.82, 2.24) is 24.2 Å². The van der Waals surface area contributed by atoms with Crippen LogP contribution in [0.1, 0.15) is 36.3 Å². The van der Waals surface area contributed by atoms with Gasteiger partial charge in [-0.15, -0.1) is 0 Å². The van der Waals surface area contributed by atoms with E-state index in [4.69, 9.17) is 5.26 Å². The van der Waals surface area contributed by atoms with Crippen molar-refractivity contribution in [3.8, 4) is 6.07 Å². The van der Waals surface area contributed by atoms with Crippen molar-refractivity contribution in [2.75, 3.05) is 13.1 Å². The van der Waals surface area contributed by atoms with E-state index in [1.807, 2.05) is 17.1 Å². The molecule has 0 bridgehead atoms. The van der Waals surface area contributed by atoms with Gasteiger partial charge in [0.15, 0.2) is 0 Å². The highest BCUT2D eigenvalue weighted by molar-refractivity contribution is 5.22. The third kappa shape index (κ3) is 2.00. The van der Waals surface area contributed by atoms with Crippen molar-refractivity contribution >= 4 is 0 Å². The van der Waals surface area contributed by atoms with Crippen LogP contribution in [0, 0.1) is 11.3 Å². The van der Waals surface area contributed by atoms with Gasteiger partial charge in [0.2, 0.25) is 0 Å². The fourth-order valence-corrected chi connectivity index (χ4v) is 2.79. The Kier molecular flexibility index (Phi) is 2.60. The van der Waals surface area contributed by atoms with E-state index in [1.54, 1.807) is 6.20 Å². The molecule has 1 aliphatic carbocycles. The van der Waals surface area contributed by atoms with E-state index in [0.717, 1.165) is 19.6 Å². The zero-order chi connectivity index (χ0) is 13.5. The van der Waals surface area contributed by atoms with E-state index in [9.17, 15) is 0 Å². The Morgan fingerprint density at radius 2 is 2.15 bits per heavy atom. The standard InChI is InChI=1S/C14H16N6/c15-5-11-6-17-20(7-11)13-8-18(9-13)10-14-16-3-4-19(14)12-1-2-12/h3-4,6-7,12-13H,1-2,8-10H2. The first-order chi connectivity index (χ1) is 9.83. The van der Waals surface area contributed by atoms with Crippen molar-refractivity contribution in [1.29, 1.82) is 5.26 Å². The smallest absolute Gasteiger partial charge is 0.123 e. The lowest BCUT2D eigenvalue weighted by Gasteiger charge is -2.38. The first-order valence-electron chi connectivity index (χ1n) is 7.02. The molecule has 2 aliphatic rings. The number of imidazole rings is 1. The summed E-state index contributed by atoms with van der Waals surface area (Å²) in [4.78, 5) is 6.84. The summed E-state index contributed by atoms with van der Waals surface area (Å²) < 4.78 is 4.22. The Bertz CT molecular complexity index is 653. The molecular formula is C14H16N6. The summed E-state index contributed by atoms with van der Waals surface area (Å²) in [6, 6.07) is 3.19. The first kappa shape index (κ1) is 11.7. The van der Waals surface area contributed by atoms with Crippen LogP contribution in [-0.2, 0) is 6.54 Å². The number of likely N-dealkylation sites (tertiary alicyclic amines) is 1. The minimum absolute atomic E-state index is 0.390. The number of aromatic nitrogens is 4. The molecule has 2 aromatic heterocycles. The Morgan fingerprint density at radius 3 is 2.85 bits per heavy atom. The molecule has 6 heteroatoms. The second-order valence-electron chi connectivity index (χ2n) is 5.65. The molecule has 1 saturated carbocycles. The maximum Gasteiger partial charge on any atom is 0.123 e. The molecule has 0 aromatic carbocycles. The summed E-state index contributed by atoms with van der Waals surface area (Å²) in [6.07, 6.45) is 10.0. The number of nitriles is 1. The maximum absolute atomic E-state index is 8.81. The summed E-state index contributed by atoms with van der Waals surface area (Å²) in [5.74, 6) is 1.17. The van der Waals surface area contributed by atoms with Crippen LogP contribution in [0.3, 0.4) is 0 Å². The fraction of sp³-hybridized carbons (Fsp3) is 0.500. The fourth-order valence-electron chi connectivity index (χ4n) is 2.79. The molecule has 0 radical (unpaired) electrons. The molecule has 2 fully saturated rings. The SMILES string of the molecule is N#Cc1cnn(C2CN(Cc3nccn3C3CC3)C2)c1. The summed E-state index contributed by atoms with van der Waals surface area (Å²) >= 11 is 0. The van der Waals surface area contributed by atoms with Gasteiger partial charge in [-0.3, -0.25) is 9.58 Å². The highest BCUT2D eigenvalue weighted by Crippen LogP contribution is 2.36. The lowest BCUT2D eigenvalue weighted by Crippen LogP contribution is -2.47. The van der Waals surface area contributed by atoms with Crippen molar-refractivity contribution in [3.05, 3.63) is 36.2 Å². The second-order valence-corrected chi connectivity index (χ2v) is 5.65. The Hall–Kier alpha value is -2.13. The average molecular weight is 268 g/mol. The van der Waals surface area contributed by atoms with Crippen molar-refractivity contribution in [3.63, 3.8) is 0 Å². The van der Waals surface area contributed by atoms with Gasteiger partial charge in [-0.05, 0) is 12.8 Å². The number of nitrogens with zero attached hydrogens (tertiary/aromatic N) is 6. The predicted octanol–water partition coefficient (Wildman–Crippen LogP) is 1.34. The van der Waals surface area contributed by atoms with Gasteiger partial charge in [0.25, 0.3) is 0 Å². The normalized spacial score (nSPS) is 19.8. The molecule has 2 aromatic rings. The van der Waals surface area contributed by atoms with Gasteiger partial charge >= 0.3 is 0 Å². The van der Waals surface area contributed by atoms with Crippen LogP contribution in [0.5, 0.6) is 0 Å². The molecule has 20 heavy (non-hydrogen) atoms. The van der Waals surface area contributed by atoms with Crippen LogP contribution in [0.4, 0.5) is 0 Å². The third-order valence-electron chi connectivity index (χ3n) is 4.10. The molecule has 0 spiro atoms. The van der Waals surface area contributed by atoms with Crippen molar-refractivity contribution in [2.24, 2.45) is 0 Å². The van der Waals surface area contributed by atoms with Gasteiger partial charge in [-0.2, -0.15) is 10.4 Å². The van der Waals surface area contributed by atoms with Crippen LogP contribution >= 0.6 is 0 Å². The number of rotatable bonds is 4. The molecule has 0 unspecified atom stereocenters. The van der Waals surface area contributed by atoms with Gasteiger partial charge in [-0.1, -0.05) is 0 Å². The van der Waals surface area contributed by atoms with Gasteiger partial charge < -0.3 is 4.57 Å². The zero-order valence-corrected chi connectivity index (χ0v) is 11.2. The monoisotopic (exact) mass is 268 g/mol. The summed E-state index contributed by atoms with van der Waals surface area (Å²) in [5, 5.41) is 13.1. The van der Waals surface area contributed by atoms with Gasteiger partial charge in [0.1, 0.15) is 11.9 Å². The van der Waals surface area contributed by atoms with E-state index in [-0.39, 0.29) is 0 Å². The van der Waals surface area contributed by atoms with Crippen molar-refractivity contribution < 1.29 is 0 Å². The Balaban J connectivity index is 1.37. The van der Waals surface area contributed by atoms with E-state index in [0.29, 0.717) is 17.6 Å². The van der Waals surface area contributed by atoms with Gasteiger partial charge in [0, 0.05) is 37.7 Å². The molecule has 0 atom stereocenters. The van der Waals surface area contributed by atoms with Crippen molar-refractivity contribution in [2.45, 2.75) is 31.5 Å². The first-order valence-corrected chi connectivity index (χ1v) is 7.02. The molecule has 1 aliphatic heterocycles. The van der Waals surface area contributed by atoms with Crippen LogP contribution in [-0.4, -0.2) is 37.3 Å². The third-order valence-corrected chi connectivity index (χ3v) is 4.10. The second kappa shape index (κ2) is 4.46. The quantitative estimate of drug-likeness (QED) is 0.839.